The number of ether oxygens (including phenoxy) is 3. The topological polar surface area (TPSA) is 108 Å². The number of rotatable bonds is 10. The van der Waals surface area contributed by atoms with Crippen molar-refractivity contribution in [1.29, 1.82) is 0 Å². The van der Waals surface area contributed by atoms with Crippen LogP contribution < -0.4 is 14.8 Å². The smallest absolute Gasteiger partial charge is 0.338 e. The van der Waals surface area contributed by atoms with Gasteiger partial charge in [0.1, 0.15) is 6.04 Å². The molecule has 1 unspecified atom stereocenters. The van der Waals surface area contributed by atoms with Crippen LogP contribution in [0.2, 0.25) is 5.02 Å². The third kappa shape index (κ3) is 6.97. The van der Waals surface area contributed by atoms with Crippen molar-refractivity contribution in [2.24, 2.45) is 0 Å². The van der Waals surface area contributed by atoms with Crippen LogP contribution in [0, 0.1) is 0 Å². The molecule has 0 saturated carbocycles. The number of hydrogen-bond acceptors (Lipinski definition) is 9. The monoisotopic (exact) mass is 689 g/mol. The van der Waals surface area contributed by atoms with E-state index in [9.17, 15) is 9.59 Å². The summed E-state index contributed by atoms with van der Waals surface area (Å²) in [5.74, 6) is 1.36. The lowest BCUT2D eigenvalue weighted by atomic mass is 9.95. The Kier molecular flexibility index (Phi) is 10.2. The summed E-state index contributed by atoms with van der Waals surface area (Å²) in [6, 6.07) is 10.6. The number of nitrogens with one attached hydrogen (secondary N) is 1. The summed E-state index contributed by atoms with van der Waals surface area (Å²) in [6.45, 7) is 5.44. The largest absolute Gasteiger partial charge is 0.490 e. The lowest BCUT2D eigenvalue weighted by molar-refractivity contribution is -0.136. The minimum absolute atomic E-state index is 0.0582. The Balaban J connectivity index is 1.47. The van der Waals surface area contributed by atoms with Crippen LogP contribution in [-0.4, -0.2) is 65.0 Å². The maximum Gasteiger partial charge on any atom is 0.338 e. The number of amides is 1. The van der Waals surface area contributed by atoms with Gasteiger partial charge in [0.2, 0.25) is 11.1 Å². The highest BCUT2D eigenvalue weighted by Gasteiger charge is 2.36. The number of allylic oxidation sites excluding steroid dienone is 1. The number of hydrogen-bond donors (Lipinski definition) is 1. The second-order valence-corrected chi connectivity index (χ2v) is 12.3. The highest BCUT2D eigenvalue weighted by atomic mass is 79.9. The molecule has 2 aromatic carbocycles. The van der Waals surface area contributed by atoms with Gasteiger partial charge in [-0.1, -0.05) is 41.6 Å². The van der Waals surface area contributed by atoms with Gasteiger partial charge in [-0.25, -0.2) is 9.48 Å². The molecule has 3 aromatic rings. The van der Waals surface area contributed by atoms with E-state index in [4.69, 9.17) is 35.9 Å². The zero-order valence-electron chi connectivity index (χ0n) is 24.2. The van der Waals surface area contributed by atoms with E-state index in [0.29, 0.717) is 61.3 Å². The molecule has 0 bridgehead atoms. The first-order valence-electron chi connectivity index (χ1n) is 14.1. The number of carbonyl (C=O) groups is 2. The molecular formula is C30H33BrClN5O5S. The van der Waals surface area contributed by atoms with Gasteiger partial charge in [0, 0.05) is 29.6 Å². The Morgan fingerprint density at radius 1 is 1.16 bits per heavy atom. The molecule has 2 aliphatic rings. The number of nitrogens with zero attached hydrogens (tertiary/aromatic N) is 4. The highest BCUT2D eigenvalue weighted by Crippen LogP contribution is 2.43. The Morgan fingerprint density at radius 3 is 2.65 bits per heavy atom. The second kappa shape index (κ2) is 14.0. The summed E-state index contributed by atoms with van der Waals surface area (Å²) < 4.78 is 19.4. The molecule has 1 amide bonds. The zero-order valence-corrected chi connectivity index (χ0v) is 27.4. The first kappa shape index (κ1) is 31.2. The number of esters is 1. The van der Waals surface area contributed by atoms with Crippen LogP contribution in [0.15, 0.2) is 57.3 Å². The number of likely N-dealkylation sites (tertiary alicyclic amines) is 1. The van der Waals surface area contributed by atoms with Crippen molar-refractivity contribution in [2.75, 3.05) is 38.7 Å². The molecule has 5 rings (SSSR count). The van der Waals surface area contributed by atoms with Gasteiger partial charge >= 0.3 is 5.97 Å². The second-order valence-electron chi connectivity index (χ2n) is 10.1. The zero-order chi connectivity index (χ0) is 30.5. The SMILES string of the molecule is CCOc1cc(C2C(C(=O)OC)=C(C)Nc3nc(SCc4ccccc4Cl)nn32)cc(Br)c1OCC(=O)N1CCCCC1. The first-order valence-corrected chi connectivity index (χ1v) is 16.2. The van der Waals surface area contributed by atoms with E-state index in [-0.39, 0.29) is 12.5 Å². The van der Waals surface area contributed by atoms with Gasteiger partial charge in [0.15, 0.2) is 18.1 Å². The average Bonchev–Trinajstić information content (AvgIpc) is 3.41. The van der Waals surface area contributed by atoms with Crippen LogP contribution >= 0.6 is 39.3 Å². The molecule has 0 spiro atoms. The number of aromatic nitrogens is 3. The lowest BCUT2D eigenvalue weighted by Gasteiger charge is -2.29. The minimum Gasteiger partial charge on any atom is -0.490 e. The van der Waals surface area contributed by atoms with Gasteiger partial charge in [-0.3, -0.25) is 4.79 Å². The number of methoxy groups -OCH3 is 1. The normalized spacial score (nSPS) is 16.4. The van der Waals surface area contributed by atoms with Crippen molar-refractivity contribution >= 4 is 57.1 Å². The average molecular weight is 691 g/mol. The number of benzene rings is 2. The molecule has 1 fully saturated rings. The highest BCUT2D eigenvalue weighted by molar-refractivity contribution is 9.10. The van der Waals surface area contributed by atoms with E-state index in [0.717, 1.165) is 37.9 Å². The fourth-order valence-corrected chi connectivity index (χ4v) is 6.84. The number of fused-ring (bicyclic) bond motifs is 1. The predicted octanol–water partition coefficient (Wildman–Crippen LogP) is 6.24. The molecule has 3 heterocycles. The van der Waals surface area contributed by atoms with E-state index in [1.165, 1.54) is 18.9 Å². The summed E-state index contributed by atoms with van der Waals surface area (Å²) in [7, 11) is 1.35. The van der Waals surface area contributed by atoms with Crippen LogP contribution in [0.25, 0.3) is 0 Å². The maximum atomic E-state index is 13.1. The number of piperidine rings is 1. The molecule has 1 N–H and O–H groups in total. The van der Waals surface area contributed by atoms with Crippen LogP contribution in [0.5, 0.6) is 11.5 Å². The van der Waals surface area contributed by atoms with Crippen molar-refractivity contribution < 1.29 is 23.8 Å². The van der Waals surface area contributed by atoms with Crippen molar-refractivity contribution in [3.63, 3.8) is 0 Å². The van der Waals surface area contributed by atoms with E-state index in [1.807, 2.05) is 48.2 Å². The van der Waals surface area contributed by atoms with E-state index in [2.05, 4.69) is 21.2 Å². The van der Waals surface area contributed by atoms with Crippen LogP contribution in [0.4, 0.5) is 5.95 Å². The minimum atomic E-state index is -0.676. The van der Waals surface area contributed by atoms with Crippen molar-refractivity contribution in [3.05, 3.63) is 68.3 Å². The lowest BCUT2D eigenvalue weighted by Crippen LogP contribution is -2.38. The molecule has 13 heteroatoms. The summed E-state index contributed by atoms with van der Waals surface area (Å²) in [6.07, 6.45) is 3.15. The van der Waals surface area contributed by atoms with E-state index >= 15 is 0 Å². The molecule has 1 saturated heterocycles. The van der Waals surface area contributed by atoms with Gasteiger partial charge in [-0.15, -0.1) is 5.10 Å². The summed E-state index contributed by atoms with van der Waals surface area (Å²) in [5.41, 5.74) is 2.64. The van der Waals surface area contributed by atoms with Gasteiger partial charge in [-0.05, 0) is 78.4 Å². The summed E-state index contributed by atoms with van der Waals surface area (Å²) >= 11 is 11.4. The predicted molar refractivity (Wildman–Crippen MR) is 169 cm³/mol. The maximum absolute atomic E-state index is 13.1. The Morgan fingerprint density at radius 2 is 1.93 bits per heavy atom. The van der Waals surface area contributed by atoms with Gasteiger partial charge in [0.25, 0.3) is 5.91 Å². The quantitative estimate of drug-likeness (QED) is 0.196. The van der Waals surface area contributed by atoms with Crippen LogP contribution in [-0.2, 0) is 20.1 Å². The van der Waals surface area contributed by atoms with E-state index < -0.39 is 12.0 Å². The number of anilines is 1. The molecule has 0 aliphatic carbocycles. The molecule has 2 aliphatic heterocycles. The summed E-state index contributed by atoms with van der Waals surface area (Å²) in [4.78, 5) is 32.4. The number of halogens is 2. The standard InChI is InChI=1S/C30H33BrClN5O5S/c1-4-41-23-15-20(14-21(31)27(23)42-16-24(38)36-12-8-5-9-13-36)26-25(28(39)40-3)18(2)33-29-34-30(35-37(26)29)43-17-19-10-6-7-11-22(19)32/h6-7,10-11,14-15,26H,4-5,8-9,12-13,16-17H2,1-3H3,(H,33,34,35). The molecule has 10 nitrogen and oxygen atoms in total. The molecule has 1 aromatic heterocycles. The molecule has 1 atom stereocenters. The first-order chi connectivity index (χ1) is 20.8. The Labute approximate surface area is 268 Å². The van der Waals surface area contributed by atoms with Gasteiger partial charge in [0.05, 0.1) is 23.8 Å². The fraction of sp³-hybridized carbons (Fsp3) is 0.400. The van der Waals surface area contributed by atoms with Crippen molar-refractivity contribution in [1.82, 2.24) is 19.7 Å². The fourth-order valence-electron chi connectivity index (χ4n) is 5.15. The number of carbonyl (C=O) groups excluding carboxylic acids is 2. The molecule has 43 heavy (non-hydrogen) atoms. The Bertz CT molecular complexity index is 1540. The number of thioether (sulfide) groups is 1. The molecule has 228 valence electrons. The van der Waals surface area contributed by atoms with Crippen molar-refractivity contribution in [2.45, 2.75) is 50.1 Å². The van der Waals surface area contributed by atoms with Crippen molar-refractivity contribution in [3.8, 4) is 11.5 Å². The van der Waals surface area contributed by atoms with Gasteiger partial charge < -0.3 is 24.4 Å². The Hall–Kier alpha value is -3.22. The van der Waals surface area contributed by atoms with E-state index in [1.54, 1.807) is 11.6 Å². The third-order valence-electron chi connectivity index (χ3n) is 7.25. The van der Waals surface area contributed by atoms with Gasteiger partial charge in [-0.2, -0.15) is 4.98 Å². The summed E-state index contributed by atoms with van der Waals surface area (Å²) in [5, 5.41) is 9.18. The third-order valence-corrected chi connectivity index (χ3v) is 9.09. The van der Waals surface area contributed by atoms with Crippen LogP contribution in [0.1, 0.15) is 50.3 Å². The van der Waals surface area contributed by atoms with Crippen LogP contribution in [0.3, 0.4) is 0 Å². The molecular weight excluding hydrogens is 658 g/mol. The molecule has 0 radical (unpaired) electrons.